The minimum absolute atomic E-state index is 0.536. The number of pyridine rings is 1. The molecular weight excluding hydrogens is 252 g/mol. The molecule has 106 valence electrons. The number of hydrogen-bond acceptors (Lipinski definition) is 4. The van der Waals surface area contributed by atoms with E-state index in [2.05, 4.69) is 4.98 Å². The van der Waals surface area contributed by atoms with Crippen LogP contribution in [0.4, 0.5) is 5.82 Å². The van der Waals surface area contributed by atoms with Crippen molar-refractivity contribution in [2.24, 2.45) is 0 Å². The largest absolute Gasteiger partial charge is 0.497 e. The second-order valence-corrected chi connectivity index (χ2v) is 4.80. The molecule has 0 spiro atoms. The normalized spacial score (nSPS) is 12.0. The van der Waals surface area contributed by atoms with Gasteiger partial charge in [-0.1, -0.05) is 18.2 Å². The third-order valence-corrected chi connectivity index (χ3v) is 3.18. The molecule has 0 fully saturated rings. The lowest BCUT2D eigenvalue weighted by molar-refractivity contribution is 0.199. The summed E-state index contributed by atoms with van der Waals surface area (Å²) in [6, 6.07) is 11.7. The lowest BCUT2D eigenvalue weighted by Gasteiger charge is -2.22. The summed E-state index contributed by atoms with van der Waals surface area (Å²) in [5, 5.41) is 9.82. The third-order valence-electron chi connectivity index (χ3n) is 3.18. The van der Waals surface area contributed by atoms with Gasteiger partial charge >= 0.3 is 0 Å². The highest BCUT2D eigenvalue weighted by atomic mass is 16.5. The molecule has 0 saturated carbocycles. The summed E-state index contributed by atoms with van der Waals surface area (Å²) >= 11 is 0. The Hall–Kier alpha value is -2.07. The zero-order chi connectivity index (χ0) is 14.5. The second-order valence-electron chi connectivity index (χ2n) is 4.80. The van der Waals surface area contributed by atoms with Crippen LogP contribution >= 0.6 is 0 Å². The van der Waals surface area contributed by atoms with Gasteiger partial charge in [0.15, 0.2) is 0 Å². The quantitative estimate of drug-likeness (QED) is 0.909. The number of aliphatic hydroxyl groups excluding tert-OH is 1. The summed E-state index contributed by atoms with van der Waals surface area (Å²) in [6.45, 7) is 2.45. The number of aromatic nitrogens is 1. The number of rotatable bonds is 5. The van der Waals surface area contributed by atoms with E-state index in [0.717, 1.165) is 22.7 Å². The first-order valence-electron chi connectivity index (χ1n) is 6.59. The van der Waals surface area contributed by atoms with E-state index in [-0.39, 0.29) is 0 Å². The fourth-order valence-electron chi connectivity index (χ4n) is 2.17. The van der Waals surface area contributed by atoms with E-state index in [1.807, 2.05) is 48.3 Å². The summed E-state index contributed by atoms with van der Waals surface area (Å²) in [4.78, 5) is 6.40. The standard InChI is InChI=1S/C16H20N2O2/c1-12(19)15-8-5-9-17-16(15)18(2)11-13-6-4-7-14(10-13)20-3/h4-10,12,19H,11H2,1-3H3. The predicted molar refractivity (Wildman–Crippen MR) is 80.0 cm³/mol. The molecule has 4 heteroatoms. The molecule has 1 aromatic heterocycles. The van der Waals surface area contributed by atoms with E-state index >= 15 is 0 Å². The molecule has 0 saturated heterocycles. The molecule has 0 aliphatic carbocycles. The summed E-state index contributed by atoms with van der Waals surface area (Å²) in [5.74, 6) is 1.64. The van der Waals surface area contributed by atoms with Crippen LogP contribution in [-0.2, 0) is 6.54 Å². The SMILES string of the molecule is COc1cccc(CN(C)c2ncccc2C(C)O)c1. The number of anilines is 1. The van der Waals surface area contributed by atoms with E-state index in [1.165, 1.54) is 0 Å². The molecule has 1 unspecified atom stereocenters. The van der Waals surface area contributed by atoms with Crippen LogP contribution in [0.1, 0.15) is 24.2 Å². The second kappa shape index (κ2) is 6.39. The van der Waals surface area contributed by atoms with Crippen molar-refractivity contribution in [2.75, 3.05) is 19.1 Å². The average molecular weight is 272 g/mol. The average Bonchev–Trinajstić information content (AvgIpc) is 2.47. The monoisotopic (exact) mass is 272 g/mol. The minimum atomic E-state index is -0.536. The number of aliphatic hydroxyl groups is 1. The molecule has 0 aliphatic rings. The zero-order valence-electron chi connectivity index (χ0n) is 12.1. The highest BCUT2D eigenvalue weighted by Gasteiger charge is 2.12. The van der Waals surface area contributed by atoms with Crippen molar-refractivity contribution < 1.29 is 9.84 Å². The zero-order valence-corrected chi connectivity index (χ0v) is 12.1. The maximum Gasteiger partial charge on any atom is 0.134 e. The third kappa shape index (κ3) is 3.27. The Bertz CT molecular complexity index is 570. The number of nitrogens with zero attached hydrogens (tertiary/aromatic N) is 2. The van der Waals surface area contributed by atoms with Crippen LogP contribution in [0.15, 0.2) is 42.6 Å². The van der Waals surface area contributed by atoms with Gasteiger partial charge < -0.3 is 14.7 Å². The number of ether oxygens (including phenoxy) is 1. The highest BCUT2D eigenvalue weighted by Crippen LogP contribution is 2.24. The van der Waals surface area contributed by atoms with Crippen molar-refractivity contribution in [2.45, 2.75) is 19.6 Å². The Morgan fingerprint density at radius 2 is 2.10 bits per heavy atom. The van der Waals surface area contributed by atoms with Crippen molar-refractivity contribution in [1.82, 2.24) is 4.98 Å². The topological polar surface area (TPSA) is 45.6 Å². The highest BCUT2D eigenvalue weighted by molar-refractivity contribution is 5.48. The number of hydrogen-bond donors (Lipinski definition) is 1. The van der Waals surface area contributed by atoms with E-state index in [1.54, 1.807) is 20.2 Å². The van der Waals surface area contributed by atoms with Crippen molar-refractivity contribution in [3.8, 4) is 5.75 Å². The molecule has 4 nitrogen and oxygen atoms in total. The van der Waals surface area contributed by atoms with E-state index in [0.29, 0.717) is 6.54 Å². The maximum absolute atomic E-state index is 9.82. The Labute approximate surface area is 119 Å². The summed E-state index contributed by atoms with van der Waals surface area (Å²) in [5.41, 5.74) is 1.96. The first kappa shape index (κ1) is 14.3. The van der Waals surface area contributed by atoms with Crippen molar-refractivity contribution >= 4 is 5.82 Å². The summed E-state index contributed by atoms with van der Waals surface area (Å²) in [7, 11) is 3.63. The minimum Gasteiger partial charge on any atom is -0.497 e. The smallest absolute Gasteiger partial charge is 0.134 e. The lowest BCUT2D eigenvalue weighted by atomic mass is 10.1. The maximum atomic E-state index is 9.82. The Balaban J connectivity index is 2.21. The fraction of sp³-hybridized carbons (Fsp3) is 0.312. The van der Waals surface area contributed by atoms with E-state index in [9.17, 15) is 5.11 Å². The van der Waals surface area contributed by atoms with Crippen LogP contribution in [0.25, 0.3) is 0 Å². The van der Waals surface area contributed by atoms with Gasteiger partial charge in [0.25, 0.3) is 0 Å². The molecule has 2 aromatic rings. The number of methoxy groups -OCH3 is 1. The molecule has 1 aromatic carbocycles. The molecule has 2 rings (SSSR count). The molecule has 0 radical (unpaired) electrons. The Morgan fingerprint density at radius 3 is 2.80 bits per heavy atom. The van der Waals surface area contributed by atoms with Crippen LogP contribution in [0, 0.1) is 0 Å². The van der Waals surface area contributed by atoms with Crippen LogP contribution in [-0.4, -0.2) is 24.2 Å². The van der Waals surface area contributed by atoms with Gasteiger partial charge in [-0.2, -0.15) is 0 Å². The van der Waals surface area contributed by atoms with Gasteiger partial charge in [0.05, 0.1) is 13.2 Å². The van der Waals surface area contributed by atoms with Crippen LogP contribution in [0.5, 0.6) is 5.75 Å². The fourth-order valence-corrected chi connectivity index (χ4v) is 2.17. The van der Waals surface area contributed by atoms with Crippen molar-refractivity contribution in [3.63, 3.8) is 0 Å². The van der Waals surface area contributed by atoms with Gasteiger partial charge in [0.1, 0.15) is 11.6 Å². The Morgan fingerprint density at radius 1 is 1.30 bits per heavy atom. The summed E-state index contributed by atoms with van der Waals surface area (Å²) in [6.07, 6.45) is 1.20. The summed E-state index contributed by atoms with van der Waals surface area (Å²) < 4.78 is 5.23. The van der Waals surface area contributed by atoms with Crippen molar-refractivity contribution in [1.29, 1.82) is 0 Å². The molecule has 0 aliphatic heterocycles. The van der Waals surface area contributed by atoms with Crippen LogP contribution < -0.4 is 9.64 Å². The van der Waals surface area contributed by atoms with Gasteiger partial charge in [-0.25, -0.2) is 4.98 Å². The first-order valence-corrected chi connectivity index (χ1v) is 6.59. The van der Waals surface area contributed by atoms with Gasteiger partial charge in [-0.15, -0.1) is 0 Å². The molecule has 0 amide bonds. The molecule has 20 heavy (non-hydrogen) atoms. The van der Waals surface area contributed by atoms with E-state index < -0.39 is 6.10 Å². The van der Waals surface area contributed by atoms with E-state index in [4.69, 9.17) is 4.74 Å². The van der Waals surface area contributed by atoms with Crippen LogP contribution in [0.2, 0.25) is 0 Å². The molecule has 0 bridgehead atoms. The van der Waals surface area contributed by atoms with Gasteiger partial charge in [0.2, 0.25) is 0 Å². The predicted octanol–water partition coefficient (Wildman–Crippen LogP) is 2.78. The number of benzene rings is 1. The molecule has 1 atom stereocenters. The molecular formula is C16H20N2O2. The molecule has 1 heterocycles. The first-order chi connectivity index (χ1) is 9.61. The van der Waals surface area contributed by atoms with Crippen molar-refractivity contribution in [3.05, 3.63) is 53.7 Å². The Kier molecular flexibility index (Phi) is 4.58. The van der Waals surface area contributed by atoms with Gasteiger partial charge in [-0.3, -0.25) is 0 Å². The lowest BCUT2D eigenvalue weighted by Crippen LogP contribution is -2.20. The molecule has 1 N–H and O–H groups in total. The van der Waals surface area contributed by atoms with Crippen LogP contribution in [0.3, 0.4) is 0 Å². The van der Waals surface area contributed by atoms with Gasteiger partial charge in [-0.05, 0) is 30.7 Å². The van der Waals surface area contributed by atoms with Gasteiger partial charge in [0, 0.05) is 25.4 Å².